The lowest BCUT2D eigenvalue weighted by Crippen LogP contribution is -2.88. The third-order valence-electron chi connectivity index (χ3n) is 6.10. The third kappa shape index (κ3) is 5.54. The first kappa shape index (κ1) is 22.2. The molecule has 1 atom stereocenters. The molecule has 0 aliphatic carbocycles. The number of piperazine rings is 1. The molecule has 1 aliphatic heterocycles. The molecule has 3 rings (SSSR count). The Kier molecular flexibility index (Phi) is 7.38. The van der Waals surface area contributed by atoms with E-state index in [4.69, 9.17) is 0 Å². The second-order valence-electron chi connectivity index (χ2n) is 8.92. The van der Waals surface area contributed by atoms with Gasteiger partial charge in [-0.25, -0.2) is 0 Å². The van der Waals surface area contributed by atoms with Gasteiger partial charge in [-0.1, -0.05) is 52.0 Å². The van der Waals surface area contributed by atoms with Gasteiger partial charge < -0.3 is 20.2 Å². The Morgan fingerprint density at radius 2 is 1.47 bits per heavy atom. The van der Waals surface area contributed by atoms with Gasteiger partial charge >= 0.3 is 0 Å². The maximum Gasteiger partial charge on any atom is 0.277 e. The molecule has 1 saturated heterocycles. The Hall–Kier alpha value is -2.53. The Morgan fingerprint density at radius 1 is 0.900 bits per heavy atom. The quantitative estimate of drug-likeness (QED) is 0.737. The van der Waals surface area contributed by atoms with Gasteiger partial charge in [-0.2, -0.15) is 0 Å². The maximum atomic E-state index is 12.8. The van der Waals surface area contributed by atoms with Crippen LogP contribution in [0.15, 0.2) is 48.5 Å². The van der Waals surface area contributed by atoms with Crippen molar-refractivity contribution in [2.45, 2.75) is 39.7 Å². The number of nitrogens with zero attached hydrogens (tertiary/aromatic N) is 2. The van der Waals surface area contributed by atoms with E-state index in [1.54, 1.807) is 12.1 Å². The first-order chi connectivity index (χ1) is 14.3. The molecule has 162 valence electrons. The summed E-state index contributed by atoms with van der Waals surface area (Å²) in [7, 11) is 0. The van der Waals surface area contributed by atoms with Crippen LogP contribution >= 0.6 is 0 Å². The number of nitrogens with two attached hydrogens (primary N) is 1. The number of hydrogen-bond acceptors (Lipinski definition) is 3. The predicted octanol–water partition coefficient (Wildman–Crippen LogP) is 3.12. The Labute approximate surface area is 180 Å². The van der Waals surface area contributed by atoms with Crippen molar-refractivity contribution in [3.63, 3.8) is 0 Å². The van der Waals surface area contributed by atoms with Gasteiger partial charge in [0.15, 0.2) is 6.54 Å². The second-order valence-corrected chi connectivity index (χ2v) is 8.92. The van der Waals surface area contributed by atoms with E-state index in [-0.39, 0.29) is 17.7 Å². The molecular weight excluding hydrogens is 374 g/mol. The lowest BCUT2D eigenvalue weighted by atomic mass is 9.93. The highest BCUT2D eigenvalue weighted by Crippen LogP contribution is 2.22. The smallest absolute Gasteiger partial charge is 0.277 e. The van der Waals surface area contributed by atoms with E-state index in [2.05, 4.69) is 62.2 Å². The number of anilines is 1. The van der Waals surface area contributed by atoms with Crippen LogP contribution in [0.5, 0.6) is 5.75 Å². The van der Waals surface area contributed by atoms with E-state index in [0.717, 1.165) is 31.9 Å². The molecule has 1 aliphatic rings. The van der Waals surface area contributed by atoms with Gasteiger partial charge in [0.2, 0.25) is 0 Å². The van der Waals surface area contributed by atoms with Crippen molar-refractivity contribution in [1.29, 1.82) is 0 Å². The van der Waals surface area contributed by atoms with Gasteiger partial charge in [-0.15, -0.1) is 0 Å². The van der Waals surface area contributed by atoms with Gasteiger partial charge in [0.1, 0.15) is 11.8 Å². The molecule has 2 aromatic carbocycles. The number of benzene rings is 2. The molecule has 30 heavy (non-hydrogen) atoms. The SMILES string of the molecule is CC(C)c1ccc([C@H]([NH2+]CC(=O)N2CCN(c3ccc(O)cc3)CC2)C(C)C)cc1. The van der Waals surface area contributed by atoms with E-state index < -0.39 is 0 Å². The van der Waals surface area contributed by atoms with Gasteiger partial charge in [-0.3, -0.25) is 4.79 Å². The normalized spacial score (nSPS) is 15.7. The monoisotopic (exact) mass is 410 g/mol. The minimum atomic E-state index is 0.213. The zero-order chi connectivity index (χ0) is 21.7. The van der Waals surface area contributed by atoms with E-state index in [9.17, 15) is 9.90 Å². The first-order valence-corrected chi connectivity index (χ1v) is 11.1. The van der Waals surface area contributed by atoms with Crippen LogP contribution in [0, 0.1) is 5.92 Å². The predicted molar refractivity (Wildman–Crippen MR) is 122 cm³/mol. The number of phenols is 1. The lowest BCUT2D eigenvalue weighted by Gasteiger charge is -2.36. The molecule has 5 heteroatoms. The summed E-state index contributed by atoms with van der Waals surface area (Å²) in [6, 6.07) is 16.4. The van der Waals surface area contributed by atoms with Crippen LogP contribution < -0.4 is 10.2 Å². The van der Waals surface area contributed by atoms with Gasteiger partial charge in [0, 0.05) is 43.3 Å². The zero-order valence-corrected chi connectivity index (χ0v) is 18.7. The number of amides is 1. The highest BCUT2D eigenvalue weighted by molar-refractivity contribution is 5.77. The highest BCUT2D eigenvalue weighted by atomic mass is 16.3. The fourth-order valence-corrected chi connectivity index (χ4v) is 4.13. The molecule has 1 fully saturated rings. The minimum absolute atomic E-state index is 0.213. The highest BCUT2D eigenvalue weighted by Gasteiger charge is 2.25. The van der Waals surface area contributed by atoms with E-state index in [1.165, 1.54) is 11.1 Å². The second kappa shape index (κ2) is 9.98. The summed E-state index contributed by atoms with van der Waals surface area (Å²) < 4.78 is 0. The maximum absolute atomic E-state index is 12.8. The van der Waals surface area contributed by atoms with E-state index in [1.807, 2.05) is 17.0 Å². The number of hydrogen-bond donors (Lipinski definition) is 2. The number of phenolic OH excluding ortho intramolecular Hbond substituents is 1. The number of carbonyl (C=O) groups is 1. The van der Waals surface area contributed by atoms with Crippen LogP contribution in [-0.2, 0) is 4.79 Å². The summed E-state index contributed by atoms with van der Waals surface area (Å²) in [4.78, 5) is 17.1. The molecule has 1 amide bonds. The van der Waals surface area contributed by atoms with Crippen LogP contribution in [0.2, 0.25) is 0 Å². The first-order valence-electron chi connectivity index (χ1n) is 11.1. The molecule has 2 aromatic rings. The molecular formula is C25H36N3O2+. The van der Waals surface area contributed by atoms with Gasteiger partial charge in [0.25, 0.3) is 5.91 Å². The topological polar surface area (TPSA) is 60.4 Å². The molecule has 0 bridgehead atoms. The molecule has 1 heterocycles. The largest absolute Gasteiger partial charge is 0.508 e. The fourth-order valence-electron chi connectivity index (χ4n) is 4.13. The van der Waals surface area contributed by atoms with Gasteiger partial charge in [0.05, 0.1) is 0 Å². The average Bonchev–Trinajstić information content (AvgIpc) is 2.74. The molecule has 0 aromatic heterocycles. The summed E-state index contributed by atoms with van der Waals surface area (Å²) >= 11 is 0. The van der Waals surface area contributed by atoms with Crippen LogP contribution in [-0.4, -0.2) is 48.6 Å². The summed E-state index contributed by atoms with van der Waals surface area (Å²) in [5, 5.41) is 11.7. The number of carbonyl (C=O) groups excluding carboxylic acids is 1. The van der Waals surface area contributed by atoms with E-state index in [0.29, 0.717) is 18.4 Å². The van der Waals surface area contributed by atoms with Crippen molar-refractivity contribution in [2.75, 3.05) is 37.6 Å². The fraction of sp³-hybridized carbons (Fsp3) is 0.480. The number of quaternary nitrogens is 1. The summed E-state index contributed by atoms with van der Waals surface area (Å²) in [6.07, 6.45) is 0. The minimum Gasteiger partial charge on any atom is -0.508 e. The van der Waals surface area contributed by atoms with Crippen molar-refractivity contribution in [1.82, 2.24) is 4.90 Å². The lowest BCUT2D eigenvalue weighted by molar-refractivity contribution is -0.692. The van der Waals surface area contributed by atoms with Crippen LogP contribution in [0.4, 0.5) is 5.69 Å². The average molecular weight is 411 g/mol. The Morgan fingerprint density at radius 3 is 2.00 bits per heavy atom. The zero-order valence-electron chi connectivity index (χ0n) is 18.7. The van der Waals surface area contributed by atoms with Crippen molar-refractivity contribution in [3.05, 3.63) is 59.7 Å². The van der Waals surface area contributed by atoms with Crippen molar-refractivity contribution in [3.8, 4) is 5.75 Å². The summed E-state index contributed by atoms with van der Waals surface area (Å²) in [5.74, 6) is 1.47. The standard InChI is InChI=1S/C25H35N3O2/c1-18(2)20-5-7-21(8-6-20)25(19(3)4)26-17-24(30)28-15-13-27(14-16-28)22-9-11-23(29)12-10-22/h5-12,18-19,25-26,29H,13-17H2,1-4H3/p+1/t25-/m1/s1. The Balaban J connectivity index is 1.53. The molecule has 0 saturated carbocycles. The van der Waals surface area contributed by atoms with Crippen LogP contribution in [0.3, 0.4) is 0 Å². The molecule has 3 N–H and O–H groups in total. The van der Waals surface area contributed by atoms with Crippen LogP contribution in [0.25, 0.3) is 0 Å². The summed E-state index contributed by atoms with van der Waals surface area (Å²) in [6.45, 7) is 12.5. The van der Waals surface area contributed by atoms with Crippen molar-refractivity contribution >= 4 is 11.6 Å². The number of rotatable bonds is 7. The number of aromatic hydroxyl groups is 1. The molecule has 0 spiro atoms. The third-order valence-corrected chi connectivity index (χ3v) is 6.10. The van der Waals surface area contributed by atoms with Crippen molar-refractivity contribution < 1.29 is 15.2 Å². The molecule has 0 unspecified atom stereocenters. The molecule has 0 radical (unpaired) electrons. The van der Waals surface area contributed by atoms with E-state index >= 15 is 0 Å². The van der Waals surface area contributed by atoms with Gasteiger partial charge in [-0.05, 0) is 35.7 Å². The molecule has 5 nitrogen and oxygen atoms in total. The Bertz CT molecular complexity index is 807. The van der Waals surface area contributed by atoms with Crippen LogP contribution in [0.1, 0.15) is 50.8 Å². The summed E-state index contributed by atoms with van der Waals surface area (Å²) in [5.41, 5.74) is 3.74. The van der Waals surface area contributed by atoms with Crippen molar-refractivity contribution in [2.24, 2.45) is 5.92 Å².